The highest BCUT2D eigenvalue weighted by molar-refractivity contribution is 7.80. The zero-order chi connectivity index (χ0) is 12.6. The van der Waals surface area contributed by atoms with Crippen molar-refractivity contribution >= 4 is 34.6 Å². The minimum Gasteiger partial charge on any atom is -0.378 e. The van der Waals surface area contributed by atoms with Gasteiger partial charge in [-0.15, -0.1) is 0 Å². The van der Waals surface area contributed by atoms with E-state index < -0.39 is 0 Å². The lowest BCUT2D eigenvalue weighted by atomic mass is 10.2. The van der Waals surface area contributed by atoms with Crippen molar-refractivity contribution in [1.82, 2.24) is 5.32 Å². The van der Waals surface area contributed by atoms with Crippen LogP contribution in [0.3, 0.4) is 0 Å². The van der Waals surface area contributed by atoms with Gasteiger partial charge >= 0.3 is 0 Å². The molecule has 0 aromatic heterocycles. The third kappa shape index (κ3) is 2.10. The molecule has 1 aromatic rings. The lowest BCUT2D eigenvalue weighted by Gasteiger charge is -2.17. The molecule has 0 unspecified atom stereocenters. The third-order valence-electron chi connectivity index (χ3n) is 2.76. The third-order valence-corrected chi connectivity index (χ3v) is 3.06. The number of carbonyl (C=O) groups is 1. The van der Waals surface area contributed by atoms with Crippen molar-refractivity contribution in [3.63, 3.8) is 0 Å². The van der Waals surface area contributed by atoms with Crippen LogP contribution in [0.25, 0.3) is 0 Å². The standard InChI is InChI=1S/C12H15N3OS/c1-8-11(16)15(12(17)13-8)10-6-4-9(5-7-10)14(2)3/h4-8H,1-3H3,(H,13,17)/t8-/m0/s1. The number of amides is 1. The molecule has 1 aromatic carbocycles. The lowest BCUT2D eigenvalue weighted by molar-refractivity contribution is -0.117. The fourth-order valence-corrected chi connectivity index (χ4v) is 2.12. The fraction of sp³-hybridized carbons (Fsp3) is 0.333. The van der Waals surface area contributed by atoms with Crippen molar-refractivity contribution in [2.75, 3.05) is 23.9 Å². The van der Waals surface area contributed by atoms with Gasteiger partial charge in [0.1, 0.15) is 6.04 Å². The van der Waals surface area contributed by atoms with E-state index in [0.29, 0.717) is 5.11 Å². The normalized spacial score (nSPS) is 19.5. The van der Waals surface area contributed by atoms with Crippen LogP contribution in [0.5, 0.6) is 0 Å². The summed E-state index contributed by atoms with van der Waals surface area (Å²) in [6.45, 7) is 1.81. The predicted octanol–water partition coefficient (Wildman–Crippen LogP) is 1.36. The number of carbonyl (C=O) groups excluding carboxylic acids is 1. The summed E-state index contributed by atoms with van der Waals surface area (Å²) in [4.78, 5) is 15.5. The SMILES string of the molecule is C[C@@H]1NC(=S)N(c2ccc(N(C)C)cc2)C1=O. The summed E-state index contributed by atoms with van der Waals surface area (Å²) in [6, 6.07) is 7.50. The highest BCUT2D eigenvalue weighted by Gasteiger charge is 2.33. The van der Waals surface area contributed by atoms with Crippen molar-refractivity contribution < 1.29 is 4.79 Å². The first-order valence-electron chi connectivity index (χ1n) is 5.42. The number of rotatable bonds is 2. The van der Waals surface area contributed by atoms with E-state index in [1.807, 2.05) is 50.2 Å². The van der Waals surface area contributed by atoms with Gasteiger partial charge in [0.05, 0.1) is 5.69 Å². The number of hydrogen-bond donors (Lipinski definition) is 1. The smallest absolute Gasteiger partial charge is 0.255 e. The quantitative estimate of drug-likeness (QED) is 0.803. The Morgan fingerprint density at radius 2 is 1.88 bits per heavy atom. The van der Waals surface area contributed by atoms with Gasteiger partial charge in [-0.3, -0.25) is 9.69 Å². The molecule has 4 nitrogen and oxygen atoms in total. The Labute approximate surface area is 106 Å². The van der Waals surface area contributed by atoms with Crippen molar-refractivity contribution in [1.29, 1.82) is 0 Å². The summed E-state index contributed by atoms with van der Waals surface area (Å²) in [7, 11) is 3.95. The maximum atomic E-state index is 11.9. The molecule has 90 valence electrons. The number of thiocarbonyl (C=S) groups is 1. The van der Waals surface area contributed by atoms with Gasteiger partial charge in [-0.1, -0.05) is 0 Å². The molecule has 1 heterocycles. The molecule has 1 aliphatic heterocycles. The van der Waals surface area contributed by atoms with E-state index in [4.69, 9.17) is 12.2 Å². The summed E-state index contributed by atoms with van der Waals surface area (Å²) >= 11 is 5.14. The van der Waals surface area contributed by atoms with Crippen molar-refractivity contribution in [2.24, 2.45) is 0 Å². The molecule has 1 atom stereocenters. The topological polar surface area (TPSA) is 35.6 Å². The number of nitrogens with one attached hydrogen (secondary N) is 1. The first-order chi connectivity index (χ1) is 8.00. The molecular formula is C12H15N3OS. The van der Waals surface area contributed by atoms with E-state index in [0.717, 1.165) is 11.4 Å². The second kappa shape index (κ2) is 4.33. The molecule has 1 aliphatic rings. The minimum atomic E-state index is -0.240. The Bertz CT molecular complexity index is 455. The molecule has 1 amide bonds. The van der Waals surface area contributed by atoms with Crippen LogP contribution in [0.15, 0.2) is 24.3 Å². The van der Waals surface area contributed by atoms with E-state index in [2.05, 4.69) is 5.32 Å². The van der Waals surface area contributed by atoms with Gasteiger partial charge in [0, 0.05) is 19.8 Å². The summed E-state index contributed by atoms with van der Waals surface area (Å²) in [6.07, 6.45) is 0. The maximum Gasteiger partial charge on any atom is 0.255 e. The number of hydrogen-bond acceptors (Lipinski definition) is 3. The number of benzene rings is 1. The molecule has 1 saturated heterocycles. The van der Waals surface area contributed by atoms with Crippen LogP contribution in [-0.2, 0) is 4.79 Å². The van der Waals surface area contributed by atoms with Gasteiger partial charge < -0.3 is 10.2 Å². The highest BCUT2D eigenvalue weighted by Crippen LogP contribution is 2.22. The van der Waals surface area contributed by atoms with Gasteiger partial charge in [0.2, 0.25) is 0 Å². The molecule has 0 saturated carbocycles. The van der Waals surface area contributed by atoms with Crippen LogP contribution in [0.2, 0.25) is 0 Å². The number of nitrogens with zero attached hydrogens (tertiary/aromatic N) is 2. The summed E-state index contributed by atoms with van der Waals surface area (Å²) in [5, 5.41) is 3.42. The monoisotopic (exact) mass is 249 g/mol. The molecular weight excluding hydrogens is 234 g/mol. The van der Waals surface area contributed by atoms with Gasteiger partial charge in [-0.2, -0.15) is 0 Å². The van der Waals surface area contributed by atoms with E-state index in [1.54, 1.807) is 4.90 Å². The first-order valence-corrected chi connectivity index (χ1v) is 5.83. The van der Waals surface area contributed by atoms with Gasteiger partial charge in [-0.25, -0.2) is 0 Å². The van der Waals surface area contributed by atoms with E-state index in [9.17, 15) is 4.79 Å². The zero-order valence-electron chi connectivity index (χ0n) is 10.1. The average molecular weight is 249 g/mol. The van der Waals surface area contributed by atoms with Gasteiger partial charge in [-0.05, 0) is 43.4 Å². The Morgan fingerprint density at radius 1 is 1.29 bits per heavy atom. The largest absolute Gasteiger partial charge is 0.378 e. The Morgan fingerprint density at radius 3 is 2.29 bits per heavy atom. The Balaban J connectivity index is 2.29. The van der Waals surface area contributed by atoms with Crippen molar-refractivity contribution in [3.8, 4) is 0 Å². The molecule has 1 fully saturated rings. The molecule has 17 heavy (non-hydrogen) atoms. The van der Waals surface area contributed by atoms with Crippen LogP contribution in [0.1, 0.15) is 6.92 Å². The minimum absolute atomic E-state index is 0.00685. The van der Waals surface area contributed by atoms with Crippen LogP contribution in [0.4, 0.5) is 11.4 Å². The van der Waals surface area contributed by atoms with Crippen LogP contribution in [-0.4, -0.2) is 31.2 Å². The second-order valence-electron chi connectivity index (χ2n) is 4.26. The van der Waals surface area contributed by atoms with E-state index in [1.165, 1.54) is 0 Å². The maximum absolute atomic E-state index is 11.9. The molecule has 5 heteroatoms. The molecule has 0 spiro atoms. The summed E-state index contributed by atoms with van der Waals surface area (Å²) in [5.74, 6) is -0.00685. The molecule has 2 rings (SSSR count). The Hall–Kier alpha value is -1.62. The highest BCUT2D eigenvalue weighted by atomic mass is 32.1. The number of anilines is 2. The van der Waals surface area contributed by atoms with Gasteiger partial charge in [0.15, 0.2) is 5.11 Å². The molecule has 0 radical (unpaired) electrons. The Kier molecular flexibility index (Phi) is 3.02. The predicted molar refractivity (Wildman–Crippen MR) is 73.5 cm³/mol. The fourth-order valence-electron chi connectivity index (χ4n) is 1.75. The molecule has 1 N–H and O–H groups in total. The van der Waals surface area contributed by atoms with Crippen molar-refractivity contribution in [3.05, 3.63) is 24.3 Å². The van der Waals surface area contributed by atoms with E-state index in [-0.39, 0.29) is 11.9 Å². The first kappa shape index (κ1) is 11.9. The zero-order valence-corrected chi connectivity index (χ0v) is 10.9. The second-order valence-corrected chi connectivity index (χ2v) is 4.64. The molecule has 0 aliphatic carbocycles. The van der Waals surface area contributed by atoms with Crippen LogP contribution in [0, 0.1) is 0 Å². The van der Waals surface area contributed by atoms with Crippen molar-refractivity contribution in [2.45, 2.75) is 13.0 Å². The lowest BCUT2D eigenvalue weighted by Crippen LogP contribution is -2.30. The summed E-state index contributed by atoms with van der Waals surface area (Å²) in [5.41, 5.74) is 1.90. The average Bonchev–Trinajstić information content (AvgIpc) is 2.53. The van der Waals surface area contributed by atoms with Crippen LogP contribution >= 0.6 is 12.2 Å². The van der Waals surface area contributed by atoms with Crippen LogP contribution < -0.4 is 15.1 Å². The van der Waals surface area contributed by atoms with E-state index >= 15 is 0 Å². The van der Waals surface area contributed by atoms with Gasteiger partial charge in [0.25, 0.3) is 5.91 Å². The summed E-state index contributed by atoms with van der Waals surface area (Å²) < 4.78 is 0. The molecule has 0 bridgehead atoms.